The van der Waals surface area contributed by atoms with Gasteiger partial charge in [-0.2, -0.15) is 0 Å². The minimum Gasteiger partial charge on any atom is -0.479 e. The molecule has 1 aliphatic rings. The van der Waals surface area contributed by atoms with Crippen molar-refractivity contribution < 1.29 is 34.7 Å². The Kier molecular flexibility index (Phi) is 3.40. The molecule has 0 aromatic carbocycles. The highest BCUT2D eigenvalue weighted by Gasteiger charge is 2.46. The lowest BCUT2D eigenvalue weighted by molar-refractivity contribution is -0.287. The van der Waals surface area contributed by atoms with Crippen LogP contribution in [0.2, 0.25) is 0 Å². The molecule has 1 saturated heterocycles. The van der Waals surface area contributed by atoms with Gasteiger partial charge in [-0.05, 0) is 0 Å². The van der Waals surface area contributed by atoms with E-state index in [2.05, 4.69) is 4.74 Å². The lowest BCUT2D eigenvalue weighted by Gasteiger charge is -2.37. The van der Waals surface area contributed by atoms with E-state index < -0.39 is 36.7 Å². The molecule has 0 aliphatic carbocycles. The predicted molar refractivity (Wildman–Crippen MR) is 41.3 cm³/mol. The second kappa shape index (κ2) is 4.20. The summed E-state index contributed by atoms with van der Waals surface area (Å²) in [6.07, 6.45) is -7.60. The molecule has 0 aromatic heterocycles. The highest BCUT2D eigenvalue weighted by atomic mass is 16.7. The molecule has 1 aliphatic heterocycles. The summed E-state index contributed by atoms with van der Waals surface area (Å²) in [6, 6.07) is 0. The molecule has 4 N–H and O–H groups in total. The summed E-state index contributed by atoms with van der Waals surface area (Å²) in [5.41, 5.74) is 0. The first-order valence-electron chi connectivity index (χ1n) is 3.94. The van der Waals surface area contributed by atoms with Crippen molar-refractivity contribution >= 4 is 5.97 Å². The monoisotopic (exact) mass is 208 g/mol. The van der Waals surface area contributed by atoms with E-state index in [4.69, 9.17) is 9.84 Å². The molecule has 0 aromatic rings. The Morgan fingerprint density at radius 2 is 1.79 bits per heavy atom. The van der Waals surface area contributed by atoms with Crippen LogP contribution in [0.3, 0.4) is 0 Å². The second-order valence-corrected chi connectivity index (χ2v) is 2.97. The number of aliphatic carboxylic acids is 1. The fourth-order valence-electron chi connectivity index (χ4n) is 1.25. The van der Waals surface area contributed by atoms with Crippen molar-refractivity contribution in [2.24, 2.45) is 0 Å². The molecule has 0 bridgehead atoms. The third kappa shape index (κ3) is 1.86. The molecule has 0 spiro atoms. The molecule has 1 heterocycles. The molecule has 14 heavy (non-hydrogen) atoms. The van der Waals surface area contributed by atoms with Crippen LogP contribution in [-0.2, 0) is 14.3 Å². The van der Waals surface area contributed by atoms with Gasteiger partial charge in [0.05, 0.1) is 0 Å². The molecule has 0 saturated carbocycles. The third-order valence-corrected chi connectivity index (χ3v) is 2.05. The van der Waals surface area contributed by atoms with E-state index in [1.807, 2.05) is 0 Å². The van der Waals surface area contributed by atoms with Crippen LogP contribution >= 0.6 is 0 Å². The average molecular weight is 208 g/mol. The maximum absolute atomic E-state index is 10.5. The number of carboxylic acid groups (broad SMARTS) is 1. The number of aliphatic hydroxyl groups is 3. The first kappa shape index (κ1) is 11.3. The van der Waals surface area contributed by atoms with Gasteiger partial charge in [-0.15, -0.1) is 0 Å². The van der Waals surface area contributed by atoms with Crippen LogP contribution in [0.4, 0.5) is 0 Å². The summed E-state index contributed by atoms with van der Waals surface area (Å²) in [5, 5.41) is 36.3. The smallest absolute Gasteiger partial charge is 0.335 e. The molecule has 7 heteroatoms. The zero-order chi connectivity index (χ0) is 10.9. The van der Waals surface area contributed by atoms with Crippen molar-refractivity contribution in [1.29, 1.82) is 0 Å². The largest absolute Gasteiger partial charge is 0.479 e. The number of hydrogen-bond donors (Lipinski definition) is 4. The molecule has 7 nitrogen and oxygen atoms in total. The summed E-state index contributed by atoms with van der Waals surface area (Å²) in [6.45, 7) is 0. The summed E-state index contributed by atoms with van der Waals surface area (Å²) in [5.74, 6) is -1.43. The van der Waals surface area contributed by atoms with Crippen molar-refractivity contribution in [2.45, 2.75) is 30.7 Å². The van der Waals surface area contributed by atoms with Gasteiger partial charge in [0.1, 0.15) is 18.3 Å². The van der Waals surface area contributed by atoms with Crippen LogP contribution in [0.1, 0.15) is 0 Å². The van der Waals surface area contributed by atoms with Gasteiger partial charge < -0.3 is 29.9 Å². The van der Waals surface area contributed by atoms with Crippen LogP contribution in [-0.4, -0.2) is 64.2 Å². The summed E-state index contributed by atoms with van der Waals surface area (Å²) >= 11 is 0. The molecule has 1 fully saturated rings. The van der Waals surface area contributed by atoms with Gasteiger partial charge in [-0.3, -0.25) is 0 Å². The van der Waals surface area contributed by atoms with Crippen molar-refractivity contribution in [3.8, 4) is 0 Å². The van der Waals surface area contributed by atoms with Crippen molar-refractivity contribution in [3.63, 3.8) is 0 Å². The van der Waals surface area contributed by atoms with Crippen LogP contribution in [0.25, 0.3) is 0 Å². The molecule has 1 rings (SSSR count). The lowest BCUT2D eigenvalue weighted by Crippen LogP contribution is -2.60. The number of carbonyl (C=O) groups is 1. The van der Waals surface area contributed by atoms with Gasteiger partial charge in [0, 0.05) is 7.11 Å². The Hall–Kier alpha value is -0.730. The van der Waals surface area contributed by atoms with E-state index in [-0.39, 0.29) is 0 Å². The Bertz CT molecular complexity index is 216. The average Bonchev–Trinajstić information content (AvgIpc) is 2.14. The second-order valence-electron chi connectivity index (χ2n) is 2.97. The molecule has 0 radical (unpaired) electrons. The molecular formula is C7H12O7. The third-order valence-electron chi connectivity index (χ3n) is 2.05. The fourth-order valence-corrected chi connectivity index (χ4v) is 1.25. The van der Waals surface area contributed by atoms with Gasteiger partial charge in [0.2, 0.25) is 0 Å². The minimum atomic E-state index is -1.67. The highest BCUT2D eigenvalue weighted by Crippen LogP contribution is 2.21. The molecule has 5 atom stereocenters. The first-order chi connectivity index (χ1) is 6.49. The van der Waals surface area contributed by atoms with E-state index in [0.29, 0.717) is 0 Å². The van der Waals surface area contributed by atoms with Crippen LogP contribution in [0, 0.1) is 0 Å². The van der Waals surface area contributed by atoms with Crippen molar-refractivity contribution in [1.82, 2.24) is 0 Å². The minimum absolute atomic E-state index is 1.19. The lowest BCUT2D eigenvalue weighted by atomic mass is 9.99. The Morgan fingerprint density at radius 1 is 1.21 bits per heavy atom. The number of hydrogen-bond acceptors (Lipinski definition) is 6. The quantitative estimate of drug-likeness (QED) is 0.397. The zero-order valence-electron chi connectivity index (χ0n) is 7.40. The topological polar surface area (TPSA) is 116 Å². The van der Waals surface area contributed by atoms with Crippen LogP contribution < -0.4 is 0 Å². The van der Waals surface area contributed by atoms with E-state index in [0.717, 1.165) is 0 Å². The SMILES string of the molecule is CO[C@H]1O[C@@H](C(=O)O)[C@H](O)[C@@H](O)[C@@H]1O. The number of rotatable bonds is 2. The van der Waals surface area contributed by atoms with E-state index >= 15 is 0 Å². The van der Waals surface area contributed by atoms with Crippen LogP contribution in [0.5, 0.6) is 0 Å². The van der Waals surface area contributed by atoms with E-state index in [1.165, 1.54) is 7.11 Å². The number of methoxy groups -OCH3 is 1. The number of aliphatic hydroxyl groups excluding tert-OH is 3. The summed E-state index contributed by atoms with van der Waals surface area (Å²) in [4.78, 5) is 10.5. The van der Waals surface area contributed by atoms with Gasteiger partial charge in [0.25, 0.3) is 0 Å². The van der Waals surface area contributed by atoms with Crippen molar-refractivity contribution in [2.75, 3.05) is 7.11 Å². The van der Waals surface area contributed by atoms with Crippen LogP contribution in [0.15, 0.2) is 0 Å². The maximum atomic E-state index is 10.5. The van der Waals surface area contributed by atoms with Gasteiger partial charge >= 0.3 is 5.97 Å². The molecule has 0 unspecified atom stereocenters. The molecule has 82 valence electrons. The summed E-state index contributed by atoms with van der Waals surface area (Å²) < 4.78 is 9.31. The number of carboxylic acids is 1. The zero-order valence-corrected chi connectivity index (χ0v) is 7.40. The standard InChI is InChI=1S/C7H12O7/c1-13-7-4(10)2(8)3(9)5(14-7)6(11)12/h2-5,7-10H,1H3,(H,11,12)/t2-,3-,4+,5-,7+/m1/s1. The van der Waals surface area contributed by atoms with Gasteiger partial charge in [-0.25, -0.2) is 4.79 Å². The molecule has 0 amide bonds. The predicted octanol–water partition coefficient (Wildman–Crippen LogP) is -2.47. The Morgan fingerprint density at radius 3 is 2.21 bits per heavy atom. The van der Waals surface area contributed by atoms with Gasteiger partial charge in [-0.1, -0.05) is 0 Å². The maximum Gasteiger partial charge on any atom is 0.335 e. The van der Waals surface area contributed by atoms with Crippen molar-refractivity contribution in [3.05, 3.63) is 0 Å². The Labute approximate surface area is 79.5 Å². The Balaban J connectivity index is 2.78. The summed E-state index contributed by atoms with van der Waals surface area (Å²) in [7, 11) is 1.19. The first-order valence-corrected chi connectivity index (χ1v) is 3.94. The fraction of sp³-hybridized carbons (Fsp3) is 0.857. The van der Waals surface area contributed by atoms with E-state index in [1.54, 1.807) is 0 Å². The molecular weight excluding hydrogens is 196 g/mol. The van der Waals surface area contributed by atoms with Gasteiger partial charge in [0.15, 0.2) is 12.4 Å². The normalized spacial score (nSPS) is 43.6. The number of ether oxygens (including phenoxy) is 2. The highest BCUT2D eigenvalue weighted by molar-refractivity contribution is 5.73. The van der Waals surface area contributed by atoms with E-state index in [9.17, 15) is 20.1 Å².